The van der Waals surface area contributed by atoms with Gasteiger partial charge in [0.25, 0.3) is 5.91 Å². The molecule has 1 aliphatic rings. The van der Waals surface area contributed by atoms with Crippen molar-refractivity contribution in [2.45, 2.75) is 20.0 Å². The Bertz CT molecular complexity index is 525. The standard InChI is InChI=1S/C16H22BrClN2O2/c1-11(2)9-20-5-6-22-13(10-20)8-19-16(21)14-7-12(17)3-4-15(14)18/h3-4,7,11,13H,5-6,8-10H2,1-2H3,(H,19,21). The zero-order valence-corrected chi connectivity index (χ0v) is 15.3. The van der Waals surface area contributed by atoms with Crippen LogP contribution in [0.1, 0.15) is 24.2 Å². The minimum atomic E-state index is -0.170. The van der Waals surface area contributed by atoms with Gasteiger partial charge in [-0.25, -0.2) is 0 Å². The number of halogens is 2. The molecule has 0 aliphatic carbocycles. The van der Waals surface area contributed by atoms with Gasteiger partial charge in [0.2, 0.25) is 0 Å². The van der Waals surface area contributed by atoms with E-state index in [1.54, 1.807) is 12.1 Å². The van der Waals surface area contributed by atoms with Crippen LogP contribution in [0.25, 0.3) is 0 Å². The van der Waals surface area contributed by atoms with Gasteiger partial charge in [-0.2, -0.15) is 0 Å². The van der Waals surface area contributed by atoms with E-state index in [-0.39, 0.29) is 12.0 Å². The summed E-state index contributed by atoms with van der Waals surface area (Å²) in [5, 5.41) is 3.37. The summed E-state index contributed by atoms with van der Waals surface area (Å²) in [6.07, 6.45) is 0.0300. The second kappa shape index (κ2) is 8.29. The summed E-state index contributed by atoms with van der Waals surface area (Å²) in [7, 11) is 0. The molecule has 2 rings (SSSR count). The zero-order valence-electron chi connectivity index (χ0n) is 12.9. The molecule has 1 aromatic carbocycles. The molecule has 22 heavy (non-hydrogen) atoms. The Balaban J connectivity index is 1.86. The number of nitrogens with zero attached hydrogens (tertiary/aromatic N) is 1. The molecule has 0 bridgehead atoms. The summed E-state index contributed by atoms with van der Waals surface area (Å²) in [5.41, 5.74) is 0.478. The van der Waals surface area contributed by atoms with Gasteiger partial charge in [0.15, 0.2) is 0 Å². The molecule has 4 nitrogen and oxygen atoms in total. The van der Waals surface area contributed by atoms with Crippen molar-refractivity contribution in [3.8, 4) is 0 Å². The van der Waals surface area contributed by atoms with Gasteiger partial charge in [-0.15, -0.1) is 0 Å². The largest absolute Gasteiger partial charge is 0.374 e. The molecule has 1 heterocycles. The third-order valence-corrected chi connectivity index (χ3v) is 4.33. The van der Waals surface area contributed by atoms with Gasteiger partial charge in [0.1, 0.15) is 0 Å². The molecule has 1 amide bonds. The van der Waals surface area contributed by atoms with Gasteiger partial charge in [0.05, 0.1) is 23.3 Å². The van der Waals surface area contributed by atoms with Crippen LogP contribution in [0.4, 0.5) is 0 Å². The Morgan fingerprint density at radius 1 is 1.55 bits per heavy atom. The molecule has 1 N–H and O–H groups in total. The van der Waals surface area contributed by atoms with Crippen molar-refractivity contribution in [2.24, 2.45) is 5.92 Å². The number of hydrogen-bond donors (Lipinski definition) is 1. The van der Waals surface area contributed by atoms with Crippen molar-refractivity contribution in [2.75, 3.05) is 32.8 Å². The second-order valence-electron chi connectivity index (χ2n) is 5.98. The maximum atomic E-state index is 12.2. The average Bonchev–Trinajstić information content (AvgIpc) is 2.47. The van der Waals surface area contributed by atoms with E-state index in [2.05, 4.69) is 40.0 Å². The van der Waals surface area contributed by atoms with Crippen molar-refractivity contribution in [3.05, 3.63) is 33.3 Å². The first-order valence-corrected chi connectivity index (χ1v) is 8.70. The number of rotatable bonds is 5. The number of carbonyl (C=O) groups is 1. The highest BCUT2D eigenvalue weighted by atomic mass is 79.9. The van der Waals surface area contributed by atoms with E-state index < -0.39 is 0 Å². The number of nitrogens with one attached hydrogen (secondary N) is 1. The van der Waals surface area contributed by atoms with Crippen LogP contribution in [0.15, 0.2) is 22.7 Å². The zero-order chi connectivity index (χ0) is 16.1. The summed E-state index contributed by atoms with van der Waals surface area (Å²) in [6.45, 7) is 8.50. The number of benzene rings is 1. The molecular weight excluding hydrogens is 368 g/mol. The van der Waals surface area contributed by atoms with Gasteiger partial charge in [-0.05, 0) is 24.1 Å². The van der Waals surface area contributed by atoms with Crippen LogP contribution >= 0.6 is 27.5 Å². The Labute approximate surface area is 145 Å². The van der Waals surface area contributed by atoms with Gasteiger partial charge in [-0.3, -0.25) is 9.69 Å². The summed E-state index contributed by atoms with van der Waals surface area (Å²) >= 11 is 9.42. The molecule has 1 fully saturated rings. The van der Waals surface area contributed by atoms with Crippen LogP contribution in [0.3, 0.4) is 0 Å². The molecular formula is C16H22BrClN2O2. The molecule has 1 unspecified atom stereocenters. The molecule has 1 atom stereocenters. The molecule has 0 radical (unpaired) electrons. The number of amides is 1. The fraction of sp³-hybridized carbons (Fsp3) is 0.562. The van der Waals surface area contributed by atoms with E-state index >= 15 is 0 Å². The molecule has 1 aliphatic heterocycles. The summed E-state index contributed by atoms with van der Waals surface area (Å²) in [5.74, 6) is 0.463. The molecule has 1 saturated heterocycles. The Morgan fingerprint density at radius 3 is 3.05 bits per heavy atom. The highest BCUT2D eigenvalue weighted by Crippen LogP contribution is 2.20. The van der Waals surface area contributed by atoms with Gasteiger partial charge >= 0.3 is 0 Å². The van der Waals surface area contributed by atoms with Crippen LogP contribution < -0.4 is 5.32 Å². The lowest BCUT2D eigenvalue weighted by molar-refractivity contribution is -0.0295. The van der Waals surface area contributed by atoms with E-state index in [9.17, 15) is 4.79 Å². The summed E-state index contributed by atoms with van der Waals surface area (Å²) < 4.78 is 6.56. The first-order chi connectivity index (χ1) is 10.5. The predicted octanol–water partition coefficient (Wildman–Crippen LogP) is 3.19. The fourth-order valence-corrected chi connectivity index (χ4v) is 3.12. The normalized spacial score (nSPS) is 19.4. The van der Waals surface area contributed by atoms with Crippen molar-refractivity contribution in [3.63, 3.8) is 0 Å². The minimum absolute atomic E-state index is 0.0300. The Morgan fingerprint density at radius 2 is 2.32 bits per heavy atom. The van der Waals surface area contributed by atoms with Gasteiger partial charge in [-0.1, -0.05) is 41.4 Å². The third-order valence-electron chi connectivity index (χ3n) is 3.51. The maximum absolute atomic E-state index is 12.2. The summed E-state index contributed by atoms with van der Waals surface area (Å²) in [4.78, 5) is 14.6. The first-order valence-electron chi connectivity index (χ1n) is 7.53. The Hall–Kier alpha value is -0.620. The monoisotopic (exact) mass is 388 g/mol. The number of hydrogen-bond acceptors (Lipinski definition) is 3. The van der Waals surface area contributed by atoms with Crippen molar-refractivity contribution < 1.29 is 9.53 Å². The lowest BCUT2D eigenvalue weighted by atomic mass is 10.1. The number of morpholine rings is 1. The van der Waals surface area contributed by atoms with Crippen LogP contribution in [0, 0.1) is 5.92 Å². The highest BCUT2D eigenvalue weighted by molar-refractivity contribution is 9.10. The van der Waals surface area contributed by atoms with Crippen LogP contribution in [0.2, 0.25) is 5.02 Å². The molecule has 122 valence electrons. The van der Waals surface area contributed by atoms with Gasteiger partial charge in [0, 0.05) is 30.7 Å². The van der Waals surface area contributed by atoms with E-state index in [0.29, 0.717) is 29.7 Å². The van der Waals surface area contributed by atoms with E-state index in [0.717, 1.165) is 24.1 Å². The SMILES string of the molecule is CC(C)CN1CCOC(CNC(=O)c2cc(Br)ccc2Cl)C1. The van der Waals surface area contributed by atoms with Crippen LogP contribution in [0.5, 0.6) is 0 Å². The third kappa shape index (κ3) is 5.23. The molecule has 1 aromatic rings. The van der Waals surface area contributed by atoms with Crippen LogP contribution in [-0.2, 0) is 4.74 Å². The molecule has 6 heteroatoms. The average molecular weight is 390 g/mol. The fourth-order valence-electron chi connectivity index (χ4n) is 2.56. The first kappa shape index (κ1) is 17.7. The van der Waals surface area contributed by atoms with Crippen LogP contribution in [-0.4, -0.2) is 49.7 Å². The minimum Gasteiger partial charge on any atom is -0.374 e. The summed E-state index contributed by atoms with van der Waals surface area (Å²) in [6, 6.07) is 5.25. The smallest absolute Gasteiger partial charge is 0.252 e. The van der Waals surface area contributed by atoms with E-state index in [4.69, 9.17) is 16.3 Å². The topological polar surface area (TPSA) is 41.6 Å². The highest BCUT2D eigenvalue weighted by Gasteiger charge is 2.22. The Kier molecular flexibility index (Phi) is 6.68. The van der Waals surface area contributed by atoms with Gasteiger partial charge < -0.3 is 10.1 Å². The van der Waals surface area contributed by atoms with Crippen molar-refractivity contribution in [1.29, 1.82) is 0 Å². The maximum Gasteiger partial charge on any atom is 0.252 e. The van der Waals surface area contributed by atoms with E-state index in [1.165, 1.54) is 0 Å². The molecule has 0 aromatic heterocycles. The predicted molar refractivity (Wildman–Crippen MR) is 92.5 cm³/mol. The lowest BCUT2D eigenvalue weighted by Gasteiger charge is -2.34. The quantitative estimate of drug-likeness (QED) is 0.841. The van der Waals surface area contributed by atoms with Crippen molar-refractivity contribution >= 4 is 33.4 Å². The molecule has 0 saturated carbocycles. The van der Waals surface area contributed by atoms with E-state index in [1.807, 2.05) is 6.07 Å². The number of ether oxygens (including phenoxy) is 1. The second-order valence-corrected chi connectivity index (χ2v) is 7.30. The number of carbonyl (C=O) groups excluding carboxylic acids is 1. The van der Waals surface area contributed by atoms with Crippen molar-refractivity contribution in [1.82, 2.24) is 10.2 Å². The lowest BCUT2D eigenvalue weighted by Crippen LogP contribution is -2.48. The molecule has 0 spiro atoms.